The summed E-state index contributed by atoms with van der Waals surface area (Å²) in [6.45, 7) is 4.03. The fraction of sp³-hybridized carbons (Fsp3) is 0.333. The van der Waals surface area contributed by atoms with Gasteiger partial charge in [-0.3, -0.25) is 0 Å². The minimum Gasteiger partial charge on any atom is -0.372 e. The summed E-state index contributed by atoms with van der Waals surface area (Å²) in [6, 6.07) is 0. The molecule has 5 nitrogen and oxygen atoms in total. The smallest absolute Gasteiger partial charge is 0.200 e. The van der Waals surface area contributed by atoms with Crippen molar-refractivity contribution < 1.29 is 0 Å². The van der Waals surface area contributed by atoms with E-state index in [2.05, 4.69) is 54.8 Å². The van der Waals surface area contributed by atoms with Gasteiger partial charge in [-0.25, -0.2) is 19.9 Å². The molecular formula is C12H14IN5. The molecule has 94 valence electrons. The van der Waals surface area contributed by atoms with Crippen LogP contribution < -0.4 is 5.32 Å². The van der Waals surface area contributed by atoms with Crippen molar-refractivity contribution in [2.24, 2.45) is 0 Å². The molecule has 2 aromatic rings. The largest absolute Gasteiger partial charge is 0.372 e. The van der Waals surface area contributed by atoms with Gasteiger partial charge in [-0.1, -0.05) is 6.92 Å². The lowest BCUT2D eigenvalue weighted by Gasteiger charge is -2.09. The summed E-state index contributed by atoms with van der Waals surface area (Å²) < 4.78 is 1.05. The van der Waals surface area contributed by atoms with E-state index in [1.165, 1.54) is 0 Å². The third-order valence-corrected chi connectivity index (χ3v) is 3.61. The normalized spacial score (nSPS) is 10.4. The predicted octanol–water partition coefficient (Wildman–Crippen LogP) is 2.45. The number of nitrogens with one attached hydrogen (secondary N) is 1. The Bertz CT molecular complexity index is 528. The first-order chi connectivity index (χ1) is 8.65. The number of hydrogen-bond donors (Lipinski definition) is 1. The van der Waals surface area contributed by atoms with Gasteiger partial charge >= 0.3 is 0 Å². The molecule has 2 heterocycles. The molecule has 0 aliphatic carbocycles. The summed E-state index contributed by atoms with van der Waals surface area (Å²) in [5.74, 6) is 1.95. The molecule has 18 heavy (non-hydrogen) atoms. The van der Waals surface area contributed by atoms with Crippen LogP contribution in [0.25, 0.3) is 11.6 Å². The highest BCUT2D eigenvalue weighted by molar-refractivity contribution is 14.1. The van der Waals surface area contributed by atoms with E-state index < -0.39 is 0 Å². The molecule has 0 saturated heterocycles. The maximum atomic E-state index is 4.52. The second-order valence-corrected chi connectivity index (χ2v) is 4.92. The van der Waals surface area contributed by atoms with Gasteiger partial charge in [-0.15, -0.1) is 0 Å². The molecular weight excluding hydrogens is 341 g/mol. The number of nitrogens with zero attached hydrogens (tertiary/aromatic N) is 4. The van der Waals surface area contributed by atoms with Gasteiger partial charge in [0, 0.05) is 19.4 Å². The van der Waals surface area contributed by atoms with E-state index in [1.54, 1.807) is 12.4 Å². The molecule has 2 rings (SSSR count). The average molecular weight is 355 g/mol. The summed E-state index contributed by atoms with van der Waals surface area (Å²) in [5.41, 5.74) is 2.03. The molecule has 0 aromatic carbocycles. The third-order valence-electron chi connectivity index (χ3n) is 2.47. The zero-order valence-electron chi connectivity index (χ0n) is 10.5. The average Bonchev–Trinajstić information content (AvgIpc) is 2.40. The monoisotopic (exact) mass is 355 g/mol. The van der Waals surface area contributed by atoms with Gasteiger partial charge < -0.3 is 5.32 Å². The Balaban J connectivity index is 2.54. The van der Waals surface area contributed by atoms with Crippen LogP contribution in [-0.4, -0.2) is 27.0 Å². The predicted molar refractivity (Wildman–Crippen MR) is 79.4 cm³/mol. The lowest BCUT2D eigenvalue weighted by atomic mass is 10.3. The summed E-state index contributed by atoms with van der Waals surface area (Å²) in [4.78, 5) is 17.5. The van der Waals surface area contributed by atoms with E-state index in [0.29, 0.717) is 11.6 Å². The fourth-order valence-electron chi connectivity index (χ4n) is 1.50. The van der Waals surface area contributed by atoms with Crippen LogP contribution in [0.3, 0.4) is 0 Å². The van der Waals surface area contributed by atoms with Crippen LogP contribution in [-0.2, 0) is 6.42 Å². The van der Waals surface area contributed by atoms with Crippen molar-refractivity contribution in [2.45, 2.75) is 20.3 Å². The van der Waals surface area contributed by atoms with Crippen LogP contribution in [0.15, 0.2) is 12.4 Å². The second kappa shape index (κ2) is 5.55. The number of hydrogen-bond acceptors (Lipinski definition) is 5. The molecule has 2 aromatic heterocycles. The second-order valence-electron chi connectivity index (χ2n) is 3.84. The first-order valence-corrected chi connectivity index (χ1v) is 6.76. The van der Waals surface area contributed by atoms with Crippen LogP contribution in [0, 0.1) is 10.5 Å². The molecule has 0 aliphatic rings. The van der Waals surface area contributed by atoms with E-state index in [0.717, 1.165) is 27.1 Å². The lowest BCUT2D eigenvalue weighted by Crippen LogP contribution is -2.06. The topological polar surface area (TPSA) is 63.6 Å². The molecule has 0 amide bonds. The van der Waals surface area contributed by atoms with Crippen LogP contribution in [0.4, 0.5) is 5.82 Å². The molecule has 0 radical (unpaired) electrons. The summed E-state index contributed by atoms with van der Waals surface area (Å²) in [7, 11) is 1.85. The Hall–Kier alpha value is -1.31. The van der Waals surface area contributed by atoms with E-state index in [4.69, 9.17) is 0 Å². The Morgan fingerprint density at radius 2 is 1.83 bits per heavy atom. The van der Waals surface area contributed by atoms with Crippen LogP contribution in [0.2, 0.25) is 0 Å². The maximum absolute atomic E-state index is 4.52. The quantitative estimate of drug-likeness (QED) is 0.857. The Morgan fingerprint density at radius 1 is 1.17 bits per heavy atom. The van der Waals surface area contributed by atoms with Gasteiger partial charge in [0.15, 0.2) is 11.6 Å². The molecule has 0 bridgehead atoms. The van der Waals surface area contributed by atoms with Gasteiger partial charge in [-0.05, 0) is 41.5 Å². The number of aromatic nitrogens is 4. The molecule has 0 saturated carbocycles. The van der Waals surface area contributed by atoms with Crippen molar-refractivity contribution in [3.63, 3.8) is 0 Å². The summed E-state index contributed by atoms with van der Waals surface area (Å²) in [6.07, 6.45) is 4.40. The SMILES string of the molecule is CCc1nc(-c2ncc(C)cn2)nc(NC)c1I. The zero-order chi connectivity index (χ0) is 13.1. The highest BCUT2D eigenvalue weighted by atomic mass is 127. The number of rotatable bonds is 3. The number of anilines is 1. The standard InChI is InChI=1S/C12H14IN5/c1-4-8-9(13)10(14-3)18-12(17-8)11-15-5-7(2)6-16-11/h5-6H,4H2,1-3H3,(H,14,17,18). The Labute approximate surface area is 120 Å². The molecule has 1 N–H and O–H groups in total. The van der Waals surface area contributed by atoms with E-state index in [9.17, 15) is 0 Å². The Kier molecular flexibility index (Phi) is 4.05. The summed E-state index contributed by atoms with van der Waals surface area (Å²) in [5, 5.41) is 3.08. The van der Waals surface area contributed by atoms with Crippen LogP contribution in [0.1, 0.15) is 18.2 Å². The van der Waals surface area contributed by atoms with Crippen molar-refractivity contribution in [2.75, 3.05) is 12.4 Å². The highest BCUT2D eigenvalue weighted by Crippen LogP contribution is 2.22. The van der Waals surface area contributed by atoms with Gasteiger partial charge in [0.25, 0.3) is 0 Å². The van der Waals surface area contributed by atoms with Gasteiger partial charge in [-0.2, -0.15) is 0 Å². The summed E-state index contributed by atoms with van der Waals surface area (Å²) >= 11 is 2.25. The molecule has 0 aliphatic heterocycles. The minimum absolute atomic E-state index is 0.559. The van der Waals surface area contributed by atoms with Crippen molar-refractivity contribution in [3.8, 4) is 11.6 Å². The Morgan fingerprint density at radius 3 is 2.39 bits per heavy atom. The molecule has 0 atom stereocenters. The van der Waals surface area contributed by atoms with Crippen LogP contribution >= 0.6 is 22.6 Å². The fourth-order valence-corrected chi connectivity index (χ4v) is 2.39. The van der Waals surface area contributed by atoms with Crippen molar-refractivity contribution in [1.29, 1.82) is 0 Å². The molecule has 0 fully saturated rings. The van der Waals surface area contributed by atoms with E-state index >= 15 is 0 Å². The maximum Gasteiger partial charge on any atom is 0.200 e. The number of halogens is 1. The first-order valence-electron chi connectivity index (χ1n) is 5.69. The van der Waals surface area contributed by atoms with Crippen molar-refractivity contribution >= 4 is 28.4 Å². The van der Waals surface area contributed by atoms with Gasteiger partial charge in [0.2, 0.25) is 0 Å². The van der Waals surface area contributed by atoms with Crippen LogP contribution in [0.5, 0.6) is 0 Å². The highest BCUT2D eigenvalue weighted by Gasteiger charge is 2.12. The van der Waals surface area contributed by atoms with E-state index in [-0.39, 0.29) is 0 Å². The molecule has 0 unspecified atom stereocenters. The van der Waals surface area contributed by atoms with E-state index in [1.807, 2.05) is 14.0 Å². The number of aryl methyl sites for hydroxylation is 2. The van der Waals surface area contributed by atoms with Crippen molar-refractivity contribution in [1.82, 2.24) is 19.9 Å². The van der Waals surface area contributed by atoms with Crippen molar-refractivity contribution in [3.05, 3.63) is 27.2 Å². The van der Waals surface area contributed by atoms with Gasteiger partial charge in [0.1, 0.15) is 5.82 Å². The third kappa shape index (κ3) is 2.58. The van der Waals surface area contributed by atoms with Gasteiger partial charge in [0.05, 0.1) is 9.26 Å². The molecule has 0 spiro atoms. The lowest BCUT2D eigenvalue weighted by molar-refractivity contribution is 0.969. The first kappa shape index (κ1) is 13.1. The zero-order valence-corrected chi connectivity index (χ0v) is 12.7. The minimum atomic E-state index is 0.559. The molecule has 6 heteroatoms.